The summed E-state index contributed by atoms with van der Waals surface area (Å²) in [5, 5.41) is 5.07. The lowest BCUT2D eigenvalue weighted by molar-refractivity contribution is -0.275. The van der Waals surface area contributed by atoms with Gasteiger partial charge in [0.1, 0.15) is 11.5 Å². The number of halogens is 6. The highest BCUT2D eigenvalue weighted by molar-refractivity contribution is 7.85. The van der Waals surface area contributed by atoms with Crippen LogP contribution in [0, 0.1) is 0 Å². The number of alkyl halides is 6. The van der Waals surface area contributed by atoms with Gasteiger partial charge in [-0.15, -0.1) is 26.3 Å². The molecule has 0 bridgehead atoms. The molecule has 0 saturated carbocycles. The second-order valence-corrected chi connectivity index (χ2v) is 32.0. The molecule has 4 rings (SSSR count). The smallest absolute Gasteiger partial charge is 0.405 e. The number of benzene rings is 4. The van der Waals surface area contributed by atoms with E-state index >= 15 is 0 Å². The summed E-state index contributed by atoms with van der Waals surface area (Å²) in [5.74, 6) is -0.626. The first-order chi connectivity index (χ1) is 31.5. The van der Waals surface area contributed by atoms with Gasteiger partial charge in [0, 0.05) is 32.8 Å². The Hall–Kier alpha value is -2.69. The van der Waals surface area contributed by atoms with Gasteiger partial charge < -0.3 is 9.47 Å². The number of para-hydroxylation sites is 2. The van der Waals surface area contributed by atoms with Crippen LogP contribution in [0.2, 0.25) is 36.3 Å². The first-order valence-corrected chi connectivity index (χ1v) is 32.7. The molecule has 0 aromatic heterocycles. The normalized spacial score (nSPS) is 13.6. The molecule has 0 N–H and O–H groups in total. The molecule has 4 aromatic rings. The highest BCUT2D eigenvalue weighted by Gasteiger charge is 2.42. The van der Waals surface area contributed by atoms with Crippen LogP contribution in [-0.4, -0.2) is 39.4 Å². The fraction of sp³-hybridized carbons (Fsp3) is 0.547. The molecule has 0 fully saturated rings. The lowest BCUT2D eigenvalue weighted by atomic mass is 10.3. The standard InChI is InChI=1S/C53H77F6NO2P2Si2/c1-9-15-37-65(38-16-10-2,39-17-11-3)46-33-29-44(30-34-46)63(50-27-23-21-25-48(50)61-52(54,55)56)60(43(7)8)64(51-28-24-22-26-49(51)62-53(57,58)59)45-31-35-47(36-32-45)66(40-18-12-4,41-19-13-5)42-20-14-6/h21-36,43H,9-20,37-42H2,1-8H3. The van der Waals surface area contributed by atoms with Gasteiger partial charge in [0.2, 0.25) is 0 Å². The van der Waals surface area contributed by atoms with Crippen LogP contribution in [0.4, 0.5) is 26.3 Å². The number of ether oxygens (including phenoxy) is 2. The highest BCUT2D eigenvalue weighted by atomic mass is 31.2. The van der Waals surface area contributed by atoms with E-state index in [1.165, 1.54) is 70.9 Å². The fourth-order valence-corrected chi connectivity index (χ4v) is 27.0. The Morgan fingerprint density at radius 1 is 0.439 bits per heavy atom. The number of rotatable bonds is 29. The molecular formula is C53H77F6NO2P2Si2. The number of hydrogen-bond acceptors (Lipinski definition) is 3. The van der Waals surface area contributed by atoms with Gasteiger partial charge in [-0.1, -0.05) is 238 Å². The summed E-state index contributed by atoms with van der Waals surface area (Å²) < 4.78 is 98.0. The van der Waals surface area contributed by atoms with E-state index < -0.39 is 45.0 Å². The minimum absolute atomic E-state index is 0.313. The van der Waals surface area contributed by atoms with Crippen LogP contribution in [0.25, 0.3) is 0 Å². The van der Waals surface area contributed by atoms with Crippen LogP contribution in [0.1, 0.15) is 132 Å². The summed E-state index contributed by atoms with van der Waals surface area (Å²) in [6.45, 7) is 17.4. The zero-order valence-corrected chi connectivity index (χ0v) is 44.8. The van der Waals surface area contributed by atoms with Crippen molar-refractivity contribution in [2.45, 2.75) is 187 Å². The zero-order chi connectivity index (χ0) is 48.4. The van der Waals surface area contributed by atoms with Crippen molar-refractivity contribution >= 4 is 63.9 Å². The van der Waals surface area contributed by atoms with Crippen molar-refractivity contribution in [2.75, 3.05) is 0 Å². The molecule has 0 aliphatic carbocycles. The van der Waals surface area contributed by atoms with Crippen LogP contribution in [0.15, 0.2) is 97.1 Å². The van der Waals surface area contributed by atoms with E-state index in [9.17, 15) is 26.3 Å². The Morgan fingerprint density at radius 3 is 0.955 bits per heavy atom. The maximum atomic E-state index is 14.4. The predicted octanol–water partition coefficient (Wildman–Crippen LogP) is 15.7. The molecule has 4 aromatic carbocycles. The monoisotopic (exact) mass is 991 g/mol. The van der Waals surface area contributed by atoms with Crippen LogP contribution in [-0.2, 0) is 0 Å². The lowest BCUT2D eigenvalue weighted by Gasteiger charge is -2.42. The van der Waals surface area contributed by atoms with Gasteiger partial charge in [-0.2, -0.15) is 0 Å². The molecule has 3 nitrogen and oxygen atoms in total. The molecule has 0 aliphatic heterocycles. The Labute approximate surface area is 398 Å². The summed E-state index contributed by atoms with van der Waals surface area (Å²) in [7, 11) is -7.67. The van der Waals surface area contributed by atoms with Crippen molar-refractivity contribution in [2.24, 2.45) is 0 Å². The van der Waals surface area contributed by atoms with E-state index in [0.29, 0.717) is 10.6 Å². The van der Waals surface area contributed by atoms with Crippen molar-refractivity contribution in [1.29, 1.82) is 0 Å². The first kappa shape index (κ1) is 55.9. The zero-order valence-electron chi connectivity index (χ0n) is 41.0. The van der Waals surface area contributed by atoms with Crippen molar-refractivity contribution in [3.63, 3.8) is 0 Å². The Kier molecular flexibility index (Phi) is 22.8. The van der Waals surface area contributed by atoms with Crippen LogP contribution in [0.3, 0.4) is 0 Å². The van der Waals surface area contributed by atoms with E-state index in [0.717, 1.165) is 87.7 Å². The molecule has 0 amide bonds. The van der Waals surface area contributed by atoms with Gasteiger partial charge in [0.15, 0.2) is 0 Å². The summed E-state index contributed by atoms with van der Waals surface area (Å²) in [4.78, 5) is 0. The lowest BCUT2D eigenvalue weighted by Crippen LogP contribution is -2.48. The largest absolute Gasteiger partial charge is 0.573 e. The average molecular weight is 992 g/mol. The van der Waals surface area contributed by atoms with E-state index in [-0.39, 0.29) is 17.5 Å². The van der Waals surface area contributed by atoms with Gasteiger partial charge in [0.05, 0.1) is 16.1 Å². The van der Waals surface area contributed by atoms with Crippen LogP contribution < -0.4 is 41.1 Å². The van der Waals surface area contributed by atoms with Gasteiger partial charge >= 0.3 is 12.7 Å². The molecule has 13 heteroatoms. The van der Waals surface area contributed by atoms with Crippen LogP contribution >= 0.6 is 16.1 Å². The maximum Gasteiger partial charge on any atom is 0.573 e. The molecule has 0 saturated heterocycles. The predicted molar refractivity (Wildman–Crippen MR) is 278 cm³/mol. The molecule has 0 radical (unpaired) electrons. The Balaban J connectivity index is 2.09. The SMILES string of the molecule is CCCC[Si](CCCC)(CCCC)c1ccc(P(c2ccccc2OC(F)(F)F)N(C(C)C)P(c2ccc([Si](CCCC)(CCCC)CCCC)cc2)c2ccccc2OC(F)(F)F)cc1. The van der Waals surface area contributed by atoms with Crippen molar-refractivity contribution < 1.29 is 35.8 Å². The average Bonchev–Trinajstić information content (AvgIpc) is 3.29. The molecular weight excluding hydrogens is 915 g/mol. The maximum absolute atomic E-state index is 14.4. The van der Waals surface area contributed by atoms with E-state index in [2.05, 4.69) is 94.5 Å². The Morgan fingerprint density at radius 2 is 0.712 bits per heavy atom. The molecule has 2 unspecified atom stereocenters. The van der Waals surface area contributed by atoms with Crippen molar-refractivity contribution in [1.82, 2.24) is 4.44 Å². The summed E-state index contributed by atoms with van der Waals surface area (Å²) in [6, 6.07) is 36.8. The second kappa shape index (κ2) is 26.9. The third kappa shape index (κ3) is 15.7. The number of unbranched alkanes of at least 4 members (excludes halogenated alkanes) is 6. The van der Waals surface area contributed by atoms with E-state index in [1.807, 2.05) is 13.8 Å². The van der Waals surface area contributed by atoms with Crippen molar-refractivity contribution in [3.8, 4) is 11.5 Å². The van der Waals surface area contributed by atoms with Gasteiger partial charge in [-0.3, -0.25) is 0 Å². The highest BCUT2D eigenvalue weighted by Crippen LogP contribution is 2.58. The minimum atomic E-state index is -4.97. The third-order valence-electron chi connectivity index (χ3n) is 13.0. The topological polar surface area (TPSA) is 21.7 Å². The van der Waals surface area contributed by atoms with Crippen molar-refractivity contribution in [3.05, 3.63) is 97.1 Å². The first-order valence-electron chi connectivity index (χ1n) is 24.8. The quantitative estimate of drug-likeness (QED) is 0.0307. The summed E-state index contributed by atoms with van der Waals surface area (Å²) in [6.07, 6.45) is 3.64. The number of hydrogen-bond donors (Lipinski definition) is 0. The molecule has 0 heterocycles. The fourth-order valence-electron chi connectivity index (χ4n) is 9.59. The Bertz CT molecular complexity index is 1820. The van der Waals surface area contributed by atoms with Gasteiger partial charge in [0.25, 0.3) is 0 Å². The van der Waals surface area contributed by atoms with Gasteiger partial charge in [-0.25, -0.2) is 4.44 Å². The number of nitrogens with zero attached hydrogens (tertiary/aromatic N) is 1. The van der Waals surface area contributed by atoms with Crippen LogP contribution in [0.5, 0.6) is 11.5 Å². The van der Waals surface area contributed by atoms with Gasteiger partial charge in [-0.05, 0) is 48.7 Å². The van der Waals surface area contributed by atoms with E-state index in [1.54, 1.807) is 24.3 Å². The summed E-state index contributed by atoms with van der Waals surface area (Å²) in [5.41, 5.74) is 0. The second-order valence-electron chi connectivity index (χ2n) is 18.3. The molecule has 0 spiro atoms. The van der Waals surface area contributed by atoms with E-state index in [4.69, 9.17) is 9.47 Å². The minimum Gasteiger partial charge on any atom is -0.405 e. The molecule has 66 heavy (non-hydrogen) atoms. The summed E-state index contributed by atoms with van der Waals surface area (Å²) >= 11 is 0. The molecule has 2 atom stereocenters. The third-order valence-corrected chi connectivity index (χ3v) is 30.0. The molecule has 366 valence electrons. The molecule has 0 aliphatic rings.